The number of hydrogen-bond donors (Lipinski definition) is 1. The molecule has 0 spiro atoms. The first-order valence-corrected chi connectivity index (χ1v) is 9.29. The van der Waals surface area contributed by atoms with E-state index in [2.05, 4.69) is 5.32 Å². The lowest BCUT2D eigenvalue weighted by molar-refractivity contribution is -0.142. The van der Waals surface area contributed by atoms with Crippen LogP contribution in [0.3, 0.4) is 0 Å². The highest BCUT2D eigenvalue weighted by Gasteiger charge is 2.26. The first kappa shape index (κ1) is 21.4. The van der Waals surface area contributed by atoms with E-state index in [0.29, 0.717) is 20.8 Å². The summed E-state index contributed by atoms with van der Waals surface area (Å²) in [6.07, 6.45) is 0. The molecule has 0 heterocycles. The van der Waals surface area contributed by atoms with Crippen molar-refractivity contribution in [2.45, 2.75) is 19.5 Å². The summed E-state index contributed by atoms with van der Waals surface area (Å²) < 4.78 is 5.52. The Morgan fingerprint density at radius 1 is 1.07 bits per heavy atom. The van der Waals surface area contributed by atoms with Crippen molar-refractivity contribution in [2.24, 2.45) is 0 Å². The molecule has 1 N–H and O–H groups in total. The van der Waals surface area contributed by atoms with Gasteiger partial charge in [-0.3, -0.25) is 9.59 Å². The minimum Gasteiger partial charge on any atom is -0.482 e. The van der Waals surface area contributed by atoms with Gasteiger partial charge in [0.25, 0.3) is 5.91 Å². The van der Waals surface area contributed by atoms with E-state index < -0.39 is 6.04 Å². The highest BCUT2D eigenvalue weighted by Crippen LogP contribution is 2.25. The molecular formula is C19H19Cl3N2O3. The van der Waals surface area contributed by atoms with Gasteiger partial charge < -0.3 is 15.0 Å². The Morgan fingerprint density at radius 2 is 1.78 bits per heavy atom. The monoisotopic (exact) mass is 428 g/mol. The van der Waals surface area contributed by atoms with Crippen molar-refractivity contribution in [3.8, 4) is 5.75 Å². The smallest absolute Gasteiger partial charge is 0.261 e. The van der Waals surface area contributed by atoms with Gasteiger partial charge in [0, 0.05) is 13.6 Å². The van der Waals surface area contributed by atoms with Crippen LogP contribution in [0.4, 0.5) is 0 Å². The van der Waals surface area contributed by atoms with Crippen LogP contribution in [0.25, 0.3) is 0 Å². The quantitative estimate of drug-likeness (QED) is 0.718. The molecule has 0 saturated heterocycles. The molecule has 144 valence electrons. The van der Waals surface area contributed by atoms with Gasteiger partial charge in [-0.1, -0.05) is 53.0 Å². The van der Waals surface area contributed by atoms with Gasteiger partial charge in [-0.2, -0.15) is 0 Å². The molecule has 0 radical (unpaired) electrons. The van der Waals surface area contributed by atoms with Crippen LogP contribution in [0.2, 0.25) is 15.1 Å². The van der Waals surface area contributed by atoms with E-state index in [1.807, 2.05) is 0 Å². The fourth-order valence-corrected chi connectivity index (χ4v) is 2.92. The van der Waals surface area contributed by atoms with Gasteiger partial charge >= 0.3 is 0 Å². The first-order valence-electron chi connectivity index (χ1n) is 8.15. The van der Waals surface area contributed by atoms with Crippen LogP contribution >= 0.6 is 34.8 Å². The number of benzene rings is 2. The van der Waals surface area contributed by atoms with Crippen molar-refractivity contribution in [1.29, 1.82) is 0 Å². The summed E-state index contributed by atoms with van der Waals surface area (Å²) in [4.78, 5) is 26.3. The summed E-state index contributed by atoms with van der Waals surface area (Å²) >= 11 is 18.0. The molecular weight excluding hydrogens is 411 g/mol. The minimum absolute atomic E-state index is 0.177. The Hall–Kier alpha value is -1.95. The SMILES string of the molecule is CNC(=O)[C@@H](C)N(Cc1ccc(Cl)c(Cl)c1)C(=O)COc1ccccc1Cl. The Bertz CT molecular complexity index is 830. The van der Waals surface area contributed by atoms with Gasteiger partial charge in [0.15, 0.2) is 6.61 Å². The lowest BCUT2D eigenvalue weighted by Crippen LogP contribution is -2.48. The van der Waals surface area contributed by atoms with Crippen LogP contribution in [0, 0.1) is 0 Å². The molecule has 8 heteroatoms. The van der Waals surface area contributed by atoms with Gasteiger partial charge in [0.2, 0.25) is 5.91 Å². The molecule has 2 aromatic carbocycles. The van der Waals surface area contributed by atoms with Gasteiger partial charge in [-0.25, -0.2) is 0 Å². The Kier molecular flexibility index (Phi) is 7.78. The van der Waals surface area contributed by atoms with E-state index in [1.165, 1.54) is 11.9 Å². The second kappa shape index (κ2) is 9.83. The number of likely N-dealkylation sites (N-methyl/N-ethyl adjacent to an activating group) is 1. The molecule has 0 fully saturated rings. The third kappa shape index (κ3) is 5.76. The minimum atomic E-state index is -0.702. The molecule has 2 amide bonds. The van der Waals surface area contributed by atoms with Crippen LogP contribution in [0.5, 0.6) is 5.75 Å². The molecule has 0 unspecified atom stereocenters. The fourth-order valence-electron chi connectivity index (χ4n) is 2.41. The average molecular weight is 430 g/mol. The van der Waals surface area contributed by atoms with Crippen molar-refractivity contribution >= 4 is 46.6 Å². The second-order valence-electron chi connectivity index (χ2n) is 5.78. The lowest BCUT2D eigenvalue weighted by atomic mass is 10.1. The van der Waals surface area contributed by atoms with Crippen LogP contribution in [0.1, 0.15) is 12.5 Å². The van der Waals surface area contributed by atoms with Crippen molar-refractivity contribution < 1.29 is 14.3 Å². The number of hydrogen-bond acceptors (Lipinski definition) is 3. The second-order valence-corrected chi connectivity index (χ2v) is 7.00. The molecule has 0 aliphatic heterocycles. The number of rotatable bonds is 7. The van der Waals surface area contributed by atoms with Crippen molar-refractivity contribution in [3.63, 3.8) is 0 Å². The molecule has 0 bridgehead atoms. The van der Waals surface area contributed by atoms with E-state index in [0.717, 1.165) is 5.56 Å². The highest BCUT2D eigenvalue weighted by molar-refractivity contribution is 6.42. The summed E-state index contributed by atoms with van der Waals surface area (Å²) in [6.45, 7) is 1.56. The number of ether oxygens (including phenoxy) is 1. The summed E-state index contributed by atoms with van der Waals surface area (Å²) in [5, 5.41) is 3.74. The maximum atomic E-state index is 12.8. The summed E-state index contributed by atoms with van der Waals surface area (Å²) in [5.41, 5.74) is 0.742. The topological polar surface area (TPSA) is 58.6 Å². The molecule has 0 aromatic heterocycles. The number of halogens is 3. The molecule has 27 heavy (non-hydrogen) atoms. The molecule has 0 aliphatic rings. The average Bonchev–Trinajstić information content (AvgIpc) is 2.66. The Balaban J connectivity index is 2.17. The lowest BCUT2D eigenvalue weighted by Gasteiger charge is -2.28. The number of amides is 2. The number of carbonyl (C=O) groups is 2. The van der Waals surface area contributed by atoms with Crippen LogP contribution < -0.4 is 10.1 Å². The first-order chi connectivity index (χ1) is 12.8. The number of nitrogens with one attached hydrogen (secondary N) is 1. The van der Waals surface area contributed by atoms with E-state index >= 15 is 0 Å². The van der Waals surface area contributed by atoms with Crippen LogP contribution in [-0.2, 0) is 16.1 Å². The van der Waals surface area contributed by atoms with Gasteiger partial charge in [0.1, 0.15) is 11.8 Å². The zero-order valence-corrected chi connectivity index (χ0v) is 17.1. The van der Waals surface area contributed by atoms with Gasteiger partial charge in [-0.15, -0.1) is 0 Å². The van der Waals surface area contributed by atoms with Crippen molar-refractivity contribution in [3.05, 3.63) is 63.1 Å². The van der Waals surface area contributed by atoms with Gasteiger partial charge in [-0.05, 0) is 36.8 Å². The summed E-state index contributed by atoms with van der Waals surface area (Å²) in [7, 11) is 1.51. The zero-order valence-electron chi connectivity index (χ0n) is 14.8. The fraction of sp³-hybridized carbons (Fsp3) is 0.263. The molecule has 2 aromatic rings. The maximum absolute atomic E-state index is 12.8. The molecule has 2 rings (SSSR count). The van der Waals surface area contributed by atoms with Crippen LogP contribution in [0.15, 0.2) is 42.5 Å². The van der Waals surface area contributed by atoms with Gasteiger partial charge in [0.05, 0.1) is 15.1 Å². The molecule has 0 saturated carbocycles. The largest absolute Gasteiger partial charge is 0.482 e. The highest BCUT2D eigenvalue weighted by atomic mass is 35.5. The Labute approximate surface area is 173 Å². The van der Waals surface area contributed by atoms with E-state index in [-0.39, 0.29) is 25.0 Å². The number of nitrogens with zero attached hydrogens (tertiary/aromatic N) is 1. The Morgan fingerprint density at radius 3 is 2.41 bits per heavy atom. The molecule has 5 nitrogen and oxygen atoms in total. The zero-order chi connectivity index (χ0) is 20.0. The predicted molar refractivity (Wildman–Crippen MR) is 107 cm³/mol. The number of carbonyl (C=O) groups excluding carboxylic acids is 2. The third-order valence-electron chi connectivity index (χ3n) is 3.94. The van der Waals surface area contributed by atoms with Crippen molar-refractivity contribution in [2.75, 3.05) is 13.7 Å². The van der Waals surface area contributed by atoms with E-state index in [9.17, 15) is 9.59 Å². The van der Waals surface area contributed by atoms with E-state index in [1.54, 1.807) is 49.4 Å². The standard InChI is InChI=1S/C19H19Cl3N2O3/c1-12(19(26)23-2)24(10-13-7-8-14(20)16(22)9-13)18(25)11-27-17-6-4-3-5-15(17)21/h3-9,12H,10-11H2,1-2H3,(H,23,26)/t12-/m1/s1. The third-order valence-corrected chi connectivity index (χ3v) is 4.99. The number of para-hydroxylation sites is 1. The normalized spacial score (nSPS) is 11.6. The predicted octanol–water partition coefficient (Wildman–Crippen LogP) is 4.19. The molecule has 1 atom stereocenters. The van der Waals surface area contributed by atoms with E-state index in [4.69, 9.17) is 39.5 Å². The molecule has 0 aliphatic carbocycles. The summed E-state index contributed by atoms with van der Waals surface area (Å²) in [5.74, 6) is -0.257. The van der Waals surface area contributed by atoms with Crippen LogP contribution in [-0.4, -0.2) is 36.4 Å². The maximum Gasteiger partial charge on any atom is 0.261 e. The van der Waals surface area contributed by atoms with Crippen molar-refractivity contribution in [1.82, 2.24) is 10.2 Å². The summed E-state index contributed by atoms with van der Waals surface area (Å²) in [6, 6.07) is 11.2.